The smallest absolute Gasteiger partial charge is 0.306 e. The second-order valence-corrected chi connectivity index (χ2v) is 23.5. The number of amides is 6. The highest BCUT2D eigenvalue weighted by atomic mass is 32.2. The molecule has 21 heteroatoms. The maximum Gasteiger partial charge on any atom is 0.306 e. The van der Waals surface area contributed by atoms with Crippen molar-refractivity contribution in [1.29, 1.82) is 0 Å². The van der Waals surface area contributed by atoms with Crippen LogP contribution in [-0.2, 0) is 59.5 Å². The highest BCUT2D eigenvalue weighted by Crippen LogP contribution is 2.31. The predicted molar refractivity (Wildman–Crippen MR) is 279 cm³/mol. The van der Waals surface area contributed by atoms with Gasteiger partial charge in [0.15, 0.2) is 0 Å². The lowest BCUT2D eigenvalue weighted by molar-refractivity contribution is -0.148. The van der Waals surface area contributed by atoms with Gasteiger partial charge in [0, 0.05) is 53.7 Å². The quantitative estimate of drug-likeness (QED) is 0.0840. The number of methoxy groups -OCH3 is 2. The minimum absolute atomic E-state index is 0.000793. The molecule has 6 amide bonds. The van der Waals surface area contributed by atoms with Crippen molar-refractivity contribution in [2.45, 2.75) is 167 Å². The van der Waals surface area contributed by atoms with E-state index in [1.165, 1.54) is 14.2 Å². The van der Waals surface area contributed by atoms with E-state index in [2.05, 4.69) is 15.4 Å². The lowest BCUT2D eigenvalue weighted by Gasteiger charge is -2.41. The number of sulfonamides is 1. The Balaban J connectivity index is 1.44. The minimum atomic E-state index is -3.97. The van der Waals surface area contributed by atoms with Crippen LogP contribution in [-0.4, -0.2) is 184 Å². The number of nitrogens with one attached hydrogen (secondary N) is 3. The van der Waals surface area contributed by atoms with Gasteiger partial charge in [0.05, 0.1) is 60.4 Å². The van der Waals surface area contributed by atoms with Gasteiger partial charge in [-0.2, -0.15) is 0 Å². The average molecular weight is 1060 g/mol. The van der Waals surface area contributed by atoms with Gasteiger partial charge in [-0.15, -0.1) is 0 Å². The lowest BCUT2D eigenvalue weighted by atomic mass is 9.89. The largest absolute Gasteiger partial charge is 0.494 e. The lowest BCUT2D eigenvalue weighted by Crippen LogP contribution is -2.59. The number of carbonyl (C=O) groups is 7. The number of aliphatic carboxylic acids is 1. The maximum atomic E-state index is 14.5. The van der Waals surface area contributed by atoms with Crippen LogP contribution in [0.4, 0.5) is 0 Å². The molecule has 3 aliphatic rings. The summed E-state index contributed by atoms with van der Waals surface area (Å²) < 4.78 is 46.0. The zero-order chi connectivity index (χ0) is 55.2. The SMILES string of the molecule is CCC(C)C(C(CC(=O)N1CCCC1C(OC)C(C)C(=O)NC(Cc1ccc(OCCCC(=O)N2CCC(C(=O)O)CC2)cc1)C(=O)NS(=O)(=O)C1CC1)OC)N(C)C(=O)C(NC(=O)C(C(C)C)N(C)C)C(C)C. The van der Waals surface area contributed by atoms with E-state index in [1.54, 1.807) is 52.9 Å². The molecule has 1 aromatic carbocycles. The molecule has 3 fully saturated rings. The minimum Gasteiger partial charge on any atom is -0.494 e. The fraction of sp³-hybridized carbons (Fsp3) is 0.755. The van der Waals surface area contributed by atoms with Gasteiger partial charge in [0.2, 0.25) is 39.6 Å². The number of nitrogens with zero attached hydrogens (tertiary/aromatic N) is 4. The first kappa shape index (κ1) is 61.7. The summed E-state index contributed by atoms with van der Waals surface area (Å²) in [7, 11) is 4.36. The van der Waals surface area contributed by atoms with E-state index in [4.69, 9.17) is 14.2 Å². The molecule has 0 bridgehead atoms. The molecule has 1 aliphatic carbocycles. The van der Waals surface area contributed by atoms with Gasteiger partial charge in [0.1, 0.15) is 17.8 Å². The van der Waals surface area contributed by atoms with E-state index in [0.29, 0.717) is 82.3 Å². The Bertz CT molecular complexity index is 2160. The molecule has 2 saturated heterocycles. The number of likely N-dealkylation sites (tertiary alicyclic amines) is 2. The summed E-state index contributed by atoms with van der Waals surface area (Å²) in [5.41, 5.74) is 0.606. The molecular formula is C53H87N7O13S. The Hall–Kier alpha value is -4.86. The van der Waals surface area contributed by atoms with Crippen LogP contribution in [0.3, 0.4) is 0 Å². The van der Waals surface area contributed by atoms with Gasteiger partial charge in [0.25, 0.3) is 5.91 Å². The first-order valence-electron chi connectivity index (χ1n) is 26.5. The van der Waals surface area contributed by atoms with Crippen molar-refractivity contribution in [3.63, 3.8) is 0 Å². The van der Waals surface area contributed by atoms with E-state index >= 15 is 0 Å². The highest BCUT2D eigenvalue weighted by molar-refractivity contribution is 7.90. The highest BCUT2D eigenvalue weighted by Gasteiger charge is 2.44. The number of hydrogen-bond donors (Lipinski definition) is 4. The third kappa shape index (κ3) is 16.8. The fourth-order valence-electron chi connectivity index (χ4n) is 10.5. The summed E-state index contributed by atoms with van der Waals surface area (Å²) in [4.78, 5) is 101. The summed E-state index contributed by atoms with van der Waals surface area (Å²) in [6.45, 7) is 14.8. The molecule has 0 radical (unpaired) electrons. The Morgan fingerprint density at radius 2 is 1.43 bits per heavy atom. The van der Waals surface area contributed by atoms with Crippen molar-refractivity contribution >= 4 is 51.4 Å². The van der Waals surface area contributed by atoms with Crippen molar-refractivity contribution in [2.75, 3.05) is 61.6 Å². The zero-order valence-electron chi connectivity index (χ0n) is 46.0. The number of carbonyl (C=O) groups excluding carboxylic acids is 6. The number of ether oxygens (including phenoxy) is 3. The van der Waals surface area contributed by atoms with Crippen LogP contribution in [0.5, 0.6) is 5.75 Å². The molecule has 2 heterocycles. The van der Waals surface area contributed by atoms with E-state index < -0.39 is 87.3 Å². The molecule has 2 aliphatic heterocycles. The monoisotopic (exact) mass is 1060 g/mol. The van der Waals surface area contributed by atoms with Crippen LogP contribution in [0.2, 0.25) is 0 Å². The van der Waals surface area contributed by atoms with Crippen molar-refractivity contribution in [3.05, 3.63) is 29.8 Å². The number of carboxylic acids is 1. The standard InChI is InChI=1S/C53H87N7O13S/c1-13-34(6)47(58(10)52(66)45(32(2)3)55-51(65)46(33(4)5)57(8)9)42(71-11)31-44(62)60-26-14-16-41(60)48(72-12)35(7)49(63)54-40(50(64)56-74(69,70)39-22-23-39)30-36-18-20-38(21-19-36)73-29-15-17-43(61)59-27-24-37(25-28-59)53(67)68/h18-21,32-35,37,39-42,45-48H,13-17,22-31H2,1-12H3,(H,54,63)(H,55,65)(H,56,64)(H,67,68). The second kappa shape index (κ2) is 28.3. The molecule has 74 heavy (non-hydrogen) atoms. The molecule has 4 rings (SSSR count). The van der Waals surface area contributed by atoms with Crippen molar-refractivity contribution < 1.29 is 61.3 Å². The van der Waals surface area contributed by atoms with E-state index in [9.17, 15) is 47.1 Å². The summed E-state index contributed by atoms with van der Waals surface area (Å²) in [5, 5.41) is 14.4. The van der Waals surface area contributed by atoms with E-state index in [-0.39, 0.29) is 67.3 Å². The number of hydrogen-bond acceptors (Lipinski definition) is 13. The van der Waals surface area contributed by atoms with Crippen LogP contribution in [0, 0.1) is 29.6 Å². The van der Waals surface area contributed by atoms with Gasteiger partial charge < -0.3 is 44.7 Å². The number of benzene rings is 1. The Morgan fingerprint density at radius 1 is 0.797 bits per heavy atom. The van der Waals surface area contributed by atoms with E-state index in [1.807, 2.05) is 60.5 Å². The van der Waals surface area contributed by atoms with Gasteiger partial charge in [-0.25, -0.2) is 8.42 Å². The Labute approximate surface area is 439 Å². The number of piperidine rings is 1. The second-order valence-electron chi connectivity index (χ2n) is 21.5. The summed E-state index contributed by atoms with van der Waals surface area (Å²) in [6.07, 6.45) is 2.56. The van der Waals surface area contributed by atoms with Gasteiger partial charge >= 0.3 is 5.97 Å². The van der Waals surface area contributed by atoms with Crippen molar-refractivity contribution in [1.82, 2.24) is 35.0 Å². The normalized spacial score (nSPS) is 19.7. The molecule has 0 aromatic heterocycles. The summed E-state index contributed by atoms with van der Waals surface area (Å²) >= 11 is 0. The molecule has 9 unspecified atom stereocenters. The van der Waals surface area contributed by atoms with Crippen molar-refractivity contribution in [3.8, 4) is 5.75 Å². The molecule has 9 atom stereocenters. The van der Waals surface area contributed by atoms with Crippen LogP contribution in [0.15, 0.2) is 24.3 Å². The molecule has 418 valence electrons. The summed E-state index contributed by atoms with van der Waals surface area (Å²) in [5.74, 6) is -4.31. The molecule has 1 aromatic rings. The first-order chi connectivity index (χ1) is 34.9. The third-order valence-corrected chi connectivity index (χ3v) is 17.0. The number of carboxylic acid groups (broad SMARTS) is 1. The molecule has 1 saturated carbocycles. The molecule has 20 nitrogen and oxygen atoms in total. The molecule has 4 N–H and O–H groups in total. The van der Waals surface area contributed by atoms with Crippen LogP contribution >= 0.6 is 0 Å². The predicted octanol–water partition coefficient (Wildman–Crippen LogP) is 3.45. The van der Waals surface area contributed by atoms with Crippen LogP contribution < -0.4 is 20.1 Å². The van der Waals surface area contributed by atoms with Crippen LogP contribution in [0.1, 0.15) is 118 Å². The van der Waals surface area contributed by atoms with Gasteiger partial charge in [-0.05, 0) is 94.5 Å². The Morgan fingerprint density at radius 3 is 1.96 bits per heavy atom. The molecular weight excluding hydrogens is 975 g/mol. The van der Waals surface area contributed by atoms with E-state index in [0.717, 1.165) is 0 Å². The topological polar surface area (TPSA) is 251 Å². The number of rotatable bonds is 29. The number of likely N-dealkylation sites (N-methyl/N-ethyl adjacent to an activating group) is 2. The average Bonchev–Trinajstić information content (AvgIpc) is 4.12. The summed E-state index contributed by atoms with van der Waals surface area (Å²) in [6, 6.07) is 3.13. The van der Waals surface area contributed by atoms with Crippen LogP contribution in [0.25, 0.3) is 0 Å². The fourth-order valence-corrected chi connectivity index (χ4v) is 11.8. The molecule has 0 spiro atoms. The first-order valence-corrected chi connectivity index (χ1v) is 28.1. The van der Waals surface area contributed by atoms with Crippen molar-refractivity contribution in [2.24, 2.45) is 29.6 Å². The zero-order valence-corrected chi connectivity index (χ0v) is 46.8. The third-order valence-electron chi connectivity index (χ3n) is 15.1. The Kier molecular flexibility index (Phi) is 23.6. The van der Waals surface area contributed by atoms with Gasteiger partial charge in [-0.1, -0.05) is 67.0 Å². The van der Waals surface area contributed by atoms with Gasteiger partial charge in [-0.3, -0.25) is 43.2 Å². The maximum absolute atomic E-state index is 14.5.